The van der Waals surface area contributed by atoms with Crippen LogP contribution in [0.1, 0.15) is 13.8 Å². The maximum atomic E-state index is 12.3. The molecule has 0 rings (SSSR count). The van der Waals surface area contributed by atoms with E-state index in [0.717, 1.165) is 6.92 Å². The second kappa shape index (κ2) is 7.62. The maximum Gasteiger partial charge on any atom is 0.377 e. The summed E-state index contributed by atoms with van der Waals surface area (Å²) in [5.74, 6) is -7.29. The fraction of sp³-hybridized carbons (Fsp3) is 0.700. The number of carbonyl (C=O) groups excluding carboxylic acids is 3. The van der Waals surface area contributed by atoms with E-state index >= 15 is 0 Å². The van der Waals surface area contributed by atoms with Crippen molar-refractivity contribution in [3.05, 3.63) is 0 Å². The third-order valence-electron chi connectivity index (χ3n) is 1.60. The lowest BCUT2D eigenvalue weighted by molar-refractivity contribution is -0.176. The molecule has 0 saturated heterocycles. The van der Waals surface area contributed by atoms with Crippen LogP contribution >= 0.6 is 0 Å². The molecule has 1 unspecified atom stereocenters. The van der Waals surface area contributed by atoms with E-state index in [9.17, 15) is 28.3 Å². The molecule has 0 aromatic carbocycles. The molecule has 0 aromatic rings. The first-order valence-corrected chi connectivity index (χ1v) is 5.15. The predicted molar refractivity (Wildman–Crippen MR) is 55.2 cm³/mol. The van der Waals surface area contributed by atoms with Gasteiger partial charge in [0, 0.05) is 13.8 Å². The zero-order valence-electron chi connectivity index (χ0n) is 10.4. The zero-order valence-corrected chi connectivity index (χ0v) is 10.4. The van der Waals surface area contributed by atoms with E-state index in [1.807, 2.05) is 0 Å². The lowest BCUT2D eigenvalue weighted by Crippen LogP contribution is -2.31. The van der Waals surface area contributed by atoms with Gasteiger partial charge < -0.3 is 19.3 Å². The number of ether oxygens (including phenoxy) is 3. The van der Waals surface area contributed by atoms with Crippen LogP contribution in [0.4, 0.5) is 8.78 Å². The van der Waals surface area contributed by atoms with Crippen molar-refractivity contribution in [3.63, 3.8) is 0 Å². The Morgan fingerprint density at radius 3 is 2.16 bits per heavy atom. The molecular formula is C10H14F2O7. The highest BCUT2D eigenvalue weighted by atomic mass is 19.3. The van der Waals surface area contributed by atoms with Crippen LogP contribution in [0.15, 0.2) is 0 Å². The summed E-state index contributed by atoms with van der Waals surface area (Å²) in [6.45, 7) is -0.448. The van der Waals surface area contributed by atoms with Crippen LogP contribution in [0.5, 0.6) is 0 Å². The topological polar surface area (TPSA) is 99.1 Å². The van der Waals surface area contributed by atoms with Crippen LogP contribution in [0.25, 0.3) is 0 Å². The standard InChI is InChI=1S/C10H14F2O7/c1-6(13)17-3-7(14)4-18-8(15)5-19-9(16)10(2,11)12/h7,14H,3-5H2,1-2H3. The maximum absolute atomic E-state index is 12.3. The van der Waals surface area contributed by atoms with Crippen molar-refractivity contribution in [3.8, 4) is 0 Å². The highest BCUT2D eigenvalue weighted by molar-refractivity contribution is 5.80. The number of alkyl halides is 2. The van der Waals surface area contributed by atoms with Gasteiger partial charge in [0.05, 0.1) is 0 Å². The average molecular weight is 284 g/mol. The van der Waals surface area contributed by atoms with Gasteiger partial charge in [0.25, 0.3) is 0 Å². The van der Waals surface area contributed by atoms with Crippen LogP contribution in [-0.2, 0) is 28.6 Å². The van der Waals surface area contributed by atoms with E-state index in [-0.39, 0.29) is 6.61 Å². The minimum Gasteiger partial charge on any atom is -0.463 e. The minimum absolute atomic E-state index is 0.323. The average Bonchev–Trinajstić information content (AvgIpc) is 2.29. The van der Waals surface area contributed by atoms with Gasteiger partial charge in [-0.2, -0.15) is 8.78 Å². The normalized spacial score (nSPS) is 12.5. The Morgan fingerprint density at radius 2 is 1.68 bits per heavy atom. The van der Waals surface area contributed by atoms with Crippen molar-refractivity contribution in [1.29, 1.82) is 0 Å². The van der Waals surface area contributed by atoms with Crippen LogP contribution in [-0.4, -0.2) is 54.9 Å². The number of hydrogen-bond donors (Lipinski definition) is 1. The van der Waals surface area contributed by atoms with Crippen molar-refractivity contribution in [2.75, 3.05) is 19.8 Å². The van der Waals surface area contributed by atoms with E-state index in [0.29, 0.717) is 6.92 Å². The van der Waals surface area contributed by atoms with Gasteiger partial charge in [-0.05, 0) is 0 Å². The number of aliphatic hydroxyl groups is 1. The summed E-state index contributed by atoms with van der Waals surface area (Å²) in [4.78, 5) is 31.9. The molecule has 1 N–H and O–H groups in total. The number of carbonyl (C=O) groups is 3. The number of esters is 3. The number of halogens is 2. The van der Waals surface area contributed by atoms with Gasteiger partial charge in [0.2, 0.25) is 0 Å². The molecule has 0 aliphatic carbocycles. The Kier molecular flexibility index (Phi) is 6.91. The molecule has 0 heterocycles. The first-order valence-electron chi connectivity index (χ1n) is 5.15. The molecule has 9 heteroatoms. The van der Waals surface area contributed by atoms with Crippen LogP contribution in [0.3, 0.4) is 0 Å². The monoisotopic (exact) mass is 284 g/mol. The fourth-order valence-corrected chi connectivity index (χ4v) is 0.744. The van der Waals surface area contributed by atoms with Gasteiger partial charge in [-0.3, -0.25) is 4.79 Å². The van der Waals surface area contributed by atoms with Crippen molar-refractivity contribution < 1.29 is 42.5 Å². The summed E-state index contributed by atoms with van der Waals surface area (Å²) < 4.78 is 37.5. The van der Waals surface area contributed by atoms with Crippen molar-refractivity contribution >= 4 is 17.9 Å². The molecule has 0 spiro atoms. The second-order valence-corrected chi connectivity index (χ2v) is 3.60. The summed E-state index contributed by atoms with van der Waals surface area (Å²) in [5, 5.41) is 9.17. The van der Waals surface area contributed by atoms with Gasteiger partial charge in [-0.15, -0.1) is 0 Å². The predicted octanol–water partition coefficient (Wildman–Crippen LogP) is -0.348. The summed E-state index contributed by atoms with van der Waals surface area (Å²) >= 11 is 0. The molecule has 0 aliphatic heterocycles. The first-order chi connectivity index (χ1) is 8.62. The van der Waals surface area contributed by atoms with Gasteiger partial charge in [-0.1, -0.05) is 0 Å². The largest absolute Gasteiger partial charge is 0.463 e. The van der Waals surface area contributed by atoms with E-state index in [4.69, 9.17) is 0 Å². The van der Waals surface area contributed by atoms with Gasteiger partial charge in [-0.25, -0.2) is 9.59 Å². The highest BCUT2D eigenvalue weighted by Crippen LogP contribution is 2.13. The molecule has 0 saturated carbocycles. The number of aliphatic hydroxyl groups excluding tert-OH is 1. The third-order valence-corrected chi connectivity index (χ3v) is 1.60. The zero-order chi connectivity index (χ0) is 15.1. The Bertz CT molecular complexity index is 337. The Balaban J connectivity index is 3.82. The molecule has 0 fully saturated rings. The van der Waals surface area contributed by atoms with Crippen molar-refractivity contribution in [1.82, 2.24) is 0 Å². The van der Waals surface area contributed by atoms with Crippen LogP contribution < -0.4 is 0 Å². The second-order valence-electron chi connectivity index (χ2n) is 3.60. The van der Waals surface area contributed by atoms with Crippen LogP contribution in [0.2, 0.25) is 0 Å². The molecule has 0 aliphatic rings. The quantitative estimate of drug-likeness (QED) is 0.504. The van der Waals surface area contributed by atoms with E-state index < -0.39 is 43.1 Å². The Hall–Kier alpha value is -1.77. The molecule has 0 amide bonds. The molecule has 19 heavy (non-hydrogen) atoms. The number of rotatable bonds is 7. The molecule has 1 atom stereocenters. The summed E-state index contributed by atoms with van der Waals surface area (Å²) in [6.07, 6.45) is -1.25. The molecule has 110 valence electrons. The summed E-state index contributed by atoms with van der Waals surface area (Å²) in [7, 11) is 0. The minimum atomic E-state index is -3.70. The molecule has 0 aromatic heterocycles. The Morgan fingerprint density at radius 1 is 1.16 bits per heavy atom. The van der Waals surface area contributed by atoms with E-state index in [2.05, 4.69) is 14.2 Å². The lowest BCUT2D eigenvalue weighted by Gasteiger charge is -2.12. The SMILES string of the molecule is CC(=O)OCC(O)COC(=O)COC(=O)C(C)(F)F. The van der Waals surface area contributed by atoms with Gasteiger partial charge in [0.15, 0.2) is 6.61 Å². The van der Waals surface area contributed by atoms with Crippen LogP contribution in [0, 0.1) is 0 Å². The third kappa shape index (κ3) is 8.89. The number of hydrogen-bond acceptors (Lipinski definition) is 7. The smallest absolute Gasteiger partial charge is 0.377 e. The molecule has 0 bridgehead atoms. The van der Waals surface area contributed by atoms with Gasteiger partial charge in [0.1, 0.15) is 19.3 Å². The van der Waals surface area contributed by atoms with Crippen molar-refractivity contribution in [2.45, 2.75) is 25.9 Å². The van der Waals surface area contributed by atoms with E-state index in [1.165, 1.54) is 0 Å². The summed E-state index contributed by atoms with van der Waals surface area (Å²) in [6, 6.07) is 0. The van der Waals surface area contributed by atoms with Gasteiger partial charge >= 0.3 is 23.8 Å². The summed E-state index contributed by atoms with van der Waals surface area (Å²) in [5.41, 5.74) is 0. The molecular weight excluding hydrogens is 270 g/mol. The molecule has 0 radical (unpaired) electrons. The molecule has 7 nitrogen and oxygen atoms in total. The lowest BCUT2D eigenvalue weighted by atomic mass is 10.4. The fourth-order valence-electron chi connectivity index (χ4n) is 0.744. The highest BCUT2D eigenvalue weighted by Gasteiger charge is 2.34. The first kappa shape index (κ1) is 17.2. The van der Waals surface area contributed by atoms with Crippen molar-refractivity contribution in [2.24, 2.45) is 0 Å². The van der Waals surface area contributed by atoms with E-state index in [1.54, 1.807) is 0 Å². The Labute approximate surface area is 107 Å².